The highest BCUT2D eigenvalue weighted by Gasteiger charge is 2.25. The summed E-state index contributed by atoms with van der Waals surface area (Å²) in [6.45, 7) is 1.80. The highest BCUT2D eigenvalue weighted by Crippen LogP contribution is 2.30. The minimum atomic E-state index is -0.811. The zero-order valence-corrected chi connectivity index (χ0v) is 11.9. The van der Waals surface area contributed by atoms with Gasteiger partial charge in [0.15, 0.2) is 0 Å². The van der Waals surface area contributed by atoms with Gasteiger partial charge in [-0.1, -0.05) is 12.1 Å². The Morgan fingerprint density at radius 3 is 2.78 bits per heavy atom. The molecule has 2 N–H and O–H groups in total. The van der Waals surface area contributed by atoms with Crippen LogP contribution in [-0.2, 0) is 0 Å². The molecule has 1 aromatic carbocycles. The van der Waals surface area contributed by atoms with Crippen LogP contribution in [0.25, 0.3) is 0 Å². The molecule has 1 amide bonds. The average molecular weight is 321 g/mol. The van der Waals surface area contributed by atoms with Crippen LogP contribution < -0.4 is 15.6 Å². The number of amides is 1. The Hall–Kier alpha value is -3.30. The van der Waals surface area contributed by atoms with Crippen molar-refractivity contribution in [2.45, 2.75) is 6.92 Å². The van der Waals surface area contributed by atoms with Gasteiger partial charge in [0.1, 0.15) is 12.1 Å². The summed E-state index contributed by atoms with van der Waals surface area (Å²) in [5, 5.41) is 11.1. The number of hydrazine groups is 1. The number of hydrogen-bond acceptors (Lipinski definition) is 7. The summed E-state index contributed by atoms with van der Waals surface area (Å²) in [7, 11) is 0. The highest BCUT2D eigenvalue weighted by molar-refractivity contribution is 5.95. The number of nitro groups is 1. The van der Waals surface area contributed by atoms with Crippen LogP contribution in [0.3, 0.4) is 0 Å². The van der Waals surface area contributed by atoms with Crippen molar-refractivity contribution in [2.24, 2.45) is 0 Å². The molecule has 0 aliphatic heterocycles. The Morgan fingerprint density at radius 1 is 1.39 bits per heavy atom. The van der Waals surface area contributed by atoms with Gasteiger partial charge in [-0.05, 0) is 19.1 Å². The van der Waals surface area contributed by atoms with Gasteiger partial charge in [0.25, 0.3) is 11.8 Å². The second-order valence-electron chi connectivity index (χ2n) is 4.13. The van der Waals surface area contributed by atoms with Crippen molar-refractivity contribution in [2.75, 3.05) is 12.0 Å². The van der Waals surface area contributed by atoms with Crippen LogP contribution in [0.15, 0.2) is 30.6 Å². The van der Waals surface area contributed by atoms with Gasteiger partial charge in [-0.25, -0.2) is 9.37 Å². The van der Waals surface area contributed by atoms with Gasteiger partial charge in [-0.15, -0.1) is 0 Å². The Balaban J connectivity index is 2.20. The summed E-state index contributed by atoms with van der Waals surface area (Å²) in [5.41, 5.74) is 3.66. The fourth-order valence-electron chi connectivity index (χ4n) is 1.69. The summed E-state index contributed by atoms with van der Waals surface area (Å²) in [6, 6.07) is 5.31. The second-order valence-corrected chi connectivity index (χ2v) is 4.13. The Labute approximate surface area is 129 Å². The lowest BCUT2D eigenvalue weighted by atomic mass is 10.2. The number of nitrogens with one attached hydrogen (secondary N) is 2. The van der Waals surface area contributed by atoms with Crippen molar-refractivity contribution in [1.82, 2.24) is 15.4 Å². The van der Waals surface area contributed by atoms with Crippen molar-refractivity contribution < 1.29 is 18.8 Å². The first kappa shape index (κ1) is 16.1. The maximum absolute atomic E-state index is 13.5. The van der Waals surface area contributed by atoms with E-state index in [4.69, 9.17) is 4.74 Å². The number of benzene rings is 1. The monoisotopic (exact) mass is 321 g/mol. The maximum atomic E-state index is 13.5. The molecule has 1 aromatic heterocycles. The van der Waals surface area contributed by atoms with Crippen molar-refractivity contribution in [1.29, 1.82) is 0 Å². The molecule has 23 heavy (non-hydrogen) atoms. The Bertz CT molecular complexity index is 740. The molecule has 0 saturated carbocycles. The minimum absolute atomic E-state index is 0.166. The first-order valence-corrected chi connectivity index (χ1v) is 6.47. The third-order valence-corrected chi connectivity index (χ3v) is 2.67. The lowest BCUT2D eigenvalue weighted by Gasteiger charge is -2.10. The summed E-state index contributed by atoms with van der Waals surface area (Å²) >= 11 is 0. The standard InChI is InChI=1S/C13H12FN5O4/c1-2-23-13-10(19(21)22)11(15-7-16-13)17-18-12(20)8-5-3-4-6-9(8)14/h3-7H,2H2,1H3,(H,18,20)(H,15,16,17). The fourth-order valence-corrected chi connectivity index (χ4v) is 1.69. The largest absolute Gasteiger partial charge is 0.473 e. The third-order valence-electron chi connectivity index (χ3n) is 2.67. The van der Waals surface area contributed by atoms with Gasteiger partial charge in [0.05, 0.1) is 17.1 Å². The first-order chi connectivity index (χ1) is 11.0. The maximum Gasteiger partial charge on any atom is 0.374 e. The van der Waals surface area contributed by atoms with E-state index in [1.54, 1.807) is 6.92 Å². The SMILES string of the molecule is CCOc1ncnc(NNC(=O)c2ccccc2F)c1[N+](=O)[O-]. The molecule has 0 unspecified atom stereocenters. The number of halogens is 1. The van der Waals surface area contributed by atoms with Gasteiger partial charge >= 0.3 is 5.69 Å². The molecular formula is C13H12FN5O4. The smallest absolute Gasteiger partial charge is 0.374 e. The molecule has 2 aromatic rings. The number of anilines is 1. The van der Waals surface area contributed by atoms with E-state index in [2.05, 4.69) is 20.8 Å². The Kier molecular flexibility index (Phi) is 4.97. The molecule has 0 saturated heterocycles. The summed E-state index contributed by atoms with van der Waals surface area (Å²) in [6.07, 6.45) is 1.04. The number of aromatic nitrogens is 2. The summed E-state index contributed by atoms with van der Waals surface area (Å²) in [5.74, 6) is -2.05. The van der Waals surface area contributed by atoms with Crippen molar-refractivity contribution >= 4 is 17.4 Å². The quantitative estimate of drug-likeness (QED) is 0.613. The summed E-state index contributed by atoms with van der Waals surface area (Å²) in [4.78, 5) is 29.6. The number of hydrogen-bond donors (Lipinski definition) is 2. The van der Waals surface area contributed by atoms with Gasteiger partial charge in [0, 0.05) is 0 Å². The molecule has 0 radical (unpaired) electrons. The molecule has 0 aliphatic carbocycles. The van der Waals surface area contributed by atoms with E-state index < -0.39 is 22.3 Å². The van der Waals surface area contributed by atoms with Gasteiger partial charge in [0.2, 0.25) is 5.82 Å². The minimum Gasteiger partial charge on any atom is -0.473 e. The lowest BCUT2D eigenvalue weighted by Crippen LogP contribution is -2.31. The van der Waals surface area contributed by atoms with E-state index in [0.29, 0.717) is 0 Å². The van der Waals surface area contributed by atoms with Gasteiger partial charge < -0.3 is 4.74 Å². The van der Waals surface area contributed by atoms with Crippen LogP contribution in [0.5, 0.6) is 5.88 Å². The van der Waals surface area contributed by atoms with E-state index in [1.807, 2.05) is 0 Å². The first-order valence-electron chi connectivity index (χ1n) is 6.47. The van der Waals surface area contributed by atoms with Crippen molar-refractivity contribution in [3.05, 3.63) is 52.1 Å². The second kappa shape index (κ2) is 7.11. The fraction of sp³-hybridized carbons (Fsp3) is 0.154. The van der Waals surface area contributed by atoms with E-state index in [0.717, 1.165) is 12.4 Å². The topological polar surface area (TPSA) is 119 Å². The lowest BCUT2D eigenvalue weighted by molar-refractivity contribution is -0.385. The van der Waals surface area contributed by atoms with Crippen LogP contribution in [0.2, 0.25) is 0 Å². The normalized spacial score (nSPS) is 10.0. The van der Waals surface area contributed by atoms with Gasteiger partial charge in [-0.3, -0.25) is 25.8 Å². The predicted molar refractivity (Wildman–Crippen MR) is 77.3 cm³/mol. The van der Waals surface area contributed by atoms with Crippen LogP contribution >= 0.6 is 0 Å². The van der Waals surface area contributed by atoms with Crippen LogP contribution in [0.4, 0.5) is 15.9 Å². The zero-order valence-electron chi connectivity index (χ0n) is 11.9. The number of carbonyl (C=O) groups is 1. The molecule has 9 nitrogen and oxygen atoms in total. The van der Waals surface area contributed by atoms with E-state index in [-0.39, 0.29) is 23.9 Å². The molecule has 0 fully saturated rings. The van der Waals surface area contributed by atoms with Crippen LogP contribution in [0.1, 0.15) is 17.3 Å². The number of rotatable bonds is 6. The van der Waals surface area contributed by atoms with Crippen LogP contribution in [0, 0.1) is 15.9 Å². The number of ether oxygens (including phenoxy) is 1. The average Bonchev–Trinajstić information content (AvgIpc) is 2.53. The molecule has 10 heteroatoms. The molecule has 0 aliphatic rings. The molecule has 0 atom stereocenters. The molecular weight excluding hydrogens is 309 g/mol. The molecule has 120 valence electrons. The van der Waals surface area contributed by atoms with Crippen molar-refractivity contribution in [3.63, 3.8) is 0 Å². The zero-order chi connectivity index (χ0) is 16.8. The van der Waals surface area contributed by atoms with Gasteiger partial charge in [-0.2, -0.15) is 4.98 Å². The summed E-state index contributed by atoms with van der Waals surface area (Å²) < 4.78 is 18.5. The van der Waals surface area contributed by atoms with E-state index in [1.165, 1.54) is 18.2 Å². The highest BCUT2D eigenvalue weighted by atomic mass is 19.1. The number of nitrogens with zero attached hydrogens (tertiary/aromatic N) is 3. The third kappa shape index (κ3) is 3.67. The van der Waals surface area contributed by atoms with Crippen molar-refractivity contribution in [3.8, 4) is 5.88 Å². The van der Waals surface area contributed by atoms with Crippen LogP contribution in [-0.4, -0.2) is 27.4 Å². The molecule has 2 rings (SSSR count). The predicted octanol–water partition coefficient (Wildman–Crippen LogP) is 1.68. The molecule has 1 heterocycles. The van der Waals surface area contributed by atoms with E-state index in [9.17, 15) is 19.3 Å². The van der Waals surface area contributed by atoms with E-state index >= 15 is 0 Å². The Morgan fingerprint density at radius 2 is 2.13 bits per heavy atom. The number of carbonyl (C=O) groups excluding carboxylic acids is 1. The molecule has 0 spiro atoms. The molecule has 0 bridgehead atoms.